The van der Waals surface area contributed by atoms with Gasteiger partial charge in [-0.05, 0) is 38.0 Å². The Morgan fingerprint density at radius 1 is 1.15 bits per heavy atom. The fourth-order valence-electron chi connectivity index (χ4n) is 4.59. The van der Waals surface area contributed by atoms with Crippen molar-refractivity contribution in [3.05, 3.63) is 0 Å². The summed E-state index contributed by atoms with van der Waals surface area (Å²) in [6.07, 6.45) is 3.26. The van der Waals surface area contributed by atoms with Gasteiger partial charge >= 0.3 is 17.2 Å². The van der Waals surface area contributed by atoms with Crippen molar-refractivity contribution in [2.75, 3.05) is 13.2 Å². The van der Waals surface area contributed by atoms with Crippen LogP contribution in [0, 0.1) is 23.2 Å². The fourth-order valence-corrected chi connectivity index (χ4v) is 4.83. The van der Waals surface area contributed by atoms with Crippen LogP contribution < -0.4 is 5.26 Å². The van der Waals surface area contributed by atoms with Gasteiger partial charge in [0.05, 0.1) is 5.41 Å². The van der Waals surface area contributed by atoms with Crippen LogP contribution in [-0.4, -0.2) is 36.2 Å². The highest BCUT2D eigenvalue weighted by atomic mass is 32.2. The maximum absolute atomic E-state index is 13.1. The van der Waals surface area contributed by atoms with Crippen LogP contribution in [0.4, 0.5) is 8.78 Å². The summed E-state index contributed by atoms with van der Waals surface area (Å²) in [5.41, 5.74) is -0.687. The molecule has 4 saturated carbocycles. The number of alkyl halides is 2. The summed E-state index contributed by atoms with van der Waals surface area (Å²) in [6.45, 7) is -0.940. The Balaban J connectivity index is 1.45. The molecule has 4 aliphatic rings. The highest BCUT2D eigenvalue weighted by molar-refractivity contribution is 7.96. The third-order valence-electron chi connectivity index (χ3n) is 5.38. The van der Waals surface area contributed by atoms with E-state index in [4.69, 9.17) is 4.74 Å². The number of carbonyl (C=O) groups excluding carboxylic acids is 3. The zero-order valence-corrected chi connectivity index (χ0v) is 14.4. The van der Waals surface area contributed by atoms with E-state index in [2.05, 4.69) is 14.1 Å². The first-order valence-corrected chi connectivity index (χ1v) is 8.92. The summed E-state index contributed by atoms with van der Waals surface area (Å²) < 4.78 is 39.1. The maximum Gasteiger partial charge on any atom is 0.415 e. The molecule has 8 nitrogen and oxygen atoms in total. The molecule has 4 fully saturated rings. The highest BCUT2D eigenvalue weighted by Gasteiger charge is 2.59. The lowest BCUT2D eigenvalue weighted by Gasteiger charge is -2.53. The fraction of sp³-hybridized carbons (Fsp3) is 0.800. The highest BCUT2D eigenvalue weighted by Crippen LogP contribution is 2.59. The van der Waals surface area contributed by atoms with Gasteiger partial charge in [-0.3, -0.25) is 14.6 Å². The second kappa shape index (κ2) is 7.37. The molecule has 4 rings (SSSR count). The number of ether oxygens (including phenoxy) is 2. The quantitative estimate of drug-likeness (QED) is 0.195. The molecule has 0 saturated heterocycles. The van der Waals surface area contributed by atoms with Gasteiger partial charge in [-0.15, -0.1) is 0 Å². The van der Waals surface area contributed by atoms with E-state index in [0.29, 0.717) is 25.2 Å². The van der Waals surface area contributed by atoms with Crippen LogP contribution in [0.15, 0.2) is 0 Å². The van der Waals surface area contributed by atoms with E-state index in [1.165, 1.54) is 0 Å². The minimum Gasteiger partial charge on any atom is -0.691 e. The van der Waals surface area contributed by atoms with Gasteiger partial charge in [0.15, 0.2) is 0 Å². The van der Waals surface area contributed by atoms with Gasteiger partial charge in [0.25, 0.3) is 0 Å². The van der Waals surface area contributed by atoms with Crippen LogP contribution in [0.2, 0.25) is 0 Å². The zero-order chi connectivity index (χ0) is 18.9. The number of Topliss-reactive ketones (excluding diaryl/α,β-unsaturated/α-hetero) is 1. The molecule has 146 valence electrons. The van der Waals surface area contributed by atoms with Gasteiger partial charge in [0.1, 0.15) is 31.0 Å². The minimum atomic E-state index is -4.13. The lowest BCUT2D eigenvalue weighted by Crippen LogP contribution is -2.55. The van der Waals surface area contributed by atoms with E-state index in [0.717, 1.165) is 12.8 Å². The third kappa shape index (κ3) is 3.71. The number of esters is 2. The van der Waals surface area contributed by atoms with Crippen LogP contribution in [0.1, 0.15) is 32.1 Å². The van der Waals surface area contributed by atoms with Gasteiger partial charge in [-0.25, -0.2) is 4.79 Å². The monoisotopic (exact) mass is 395 g/mol. The number of hydrogen-bond donors (Lipinski definition) is 0. The van der Waals surface area contributed by atoms with Gasteiger partial charge in [0.2, 0.25) is 0 Å². The number of hydrogen-bond acceptors (Lipinski definition) is 9. The van der Waals surface area contributed by atoms with E-state index in [-0.39, 0.29) is 24.2 Å². The number of rotatable bonds is 8. The summed E-state index contributed by atoms with van der Waals surface area (Å²) in [5, 5.41) is 8.12. The zero-order valence-electron chi connectivity index (χ0n) is 13.6. The lowest BCUT2D eigenvalue weighted by atomic mass is 9.49. The van der Waals surface area contributed by atoms with Gasteiger partial charge < -0.3 is 14.7 Å². The Morgan fingerprint density at radius 2 is 1.77 bits per heavy atom. The SMILES string of the molecule is O=C1C2CC3CC1CC(C(=O)OCCOC(=O)C(F)(F)SOO[O-])(C3)C2. The summed E-state index contributed by atoms with van der Waals surface area (Å²) in [6, 6.07) is 0. The van der Waals surface area contributed by atoms with Crippen molar-refractivity contribution in [2.45, 2.75) is 37.4 Å². The molecule has 0 radical (unpaired) electrons. The molecule has 4 aliphatic carbocycles. The average molecular weight is 395 g/mol. The Kier molecular flexibility index (Phi) is 5.52. The van der Waals surface area contributed by atoms with Crippen molar-refractivity contribution in [3.63, 3.8) is 0 Å². The van der Waals surface area contributed by atoms with Crippen LogP contribution in [0.5, 0.6) is 0 Å². The largest absolute Gasteiger partial charge is 0.691 e. The van der Waals surface area contributed by atoms with Crippen molar-refractivity contribution >= 4 is 29.8 Å². The number of ketones is 1. The van der Waals surface area contributed by atoms with E-state index in [1.54, 1.807) is 0 Å². The minimum absolute atomic E-state index is 0.0921. The molecule has 0 aliphatic heterocycles. The van der Waals surface area contributed by atoms with Gasteiger partial charge in [0, 0.05) is 11.8 Å². The molecule has 0 heterocycles. The van der Waals surface area contributed by atoms with Crippen LogP contribution >= 0.6 is 12.0 Å². The second-order valence-corrected chi connectivity index (χ2v) is 7.85. The topological polar surface area (TPSA) is 111 Å². The lowest BCUT2D eigenvalue weighted by molar-refractivity contribution is -0.777. The molecule has 0 aromatic heterocycles. The second-order valence-electron chi connectivity index (χ2n) is 7.03. The van der Waals surface area contributed by atoms with E-state index in [9.17, 15) is 28.4 Å². The Morgan fingerprint density at radius 3 is 2.38 bits per heavy atom. The van der Waals surface area contributed by atoms with Crippen molar-refractivity contribution in [2.24, 2.45) is 23.2 Å². The van der Waals surface area contributed by atoms with Crippen molar-refractivity contribution < 1.29 is 47.3 Å². The predicted octanol–water partition coefficient (Wildman–Crippen LogP) is 0.933. The third-order valence-corrected chi connectivity index (χ3v) is 5.88. The molecule has 0 N–H and O–H groups in total. The van der Waals surface area contributed by atoms with Crippen LogP contribution in [0.25, 0.3) is 0 Å². The number of carbonyl (C=O) groups is 3. The van der Waals surface area contributed by atoms with Crippen LogP contribution in [-0.2, 0) is 33.2 Å². The standard InChI is InChI=1S/C15H18F2O8S/c16-15(17,26-25-24-21)13(20)23-2-1-22-12(19)14-5-8-3-9(6-14)11(18)10(4-8)7-14/h8-10,21H,1-7H2/p-1. The maximum atomic E-state index is 13.1. The first-order chi connectivity index (χ1) is 12.3. The molecule has 2 atom stereocenters. The smallest absolute Gasteiger partial charge is 0.415 e. The normalized spacial score (nSPS) is 32.6. The average Bonchev–Trinajstić information content (AvgIpc) is 2.60. The summed E-state index contributed by atoms with van der Waals surface area (Å²) in [5.74, 6) is -2.02. The molecule has 11 heteroatoms. The first-order valence-electron chi connectivity index (χ1n) is 8.18. The van der Waals surface area contributed by atoms with Crippen molar-refractivity contribution in [1.29, 1.82) is 0 Å². The Labute approximate surface area is 151 Å². The molecule has 0 aromatic rings. The Hall–Kier alpha value is -1.30. The number of halogens is 2. The van der Waals surface area contributed by atoms with Crippen molar-refractivity contribution in [1.82, 2.24) is 0 Å². The molecule has 0 aromatic carbocycles. The van der Waals surface area contributed by atoms with E-state index in [1.807, 2.05) is 0 Å². The molecular weight excluding hydrogens is 378 g/mol. The van der Waals surface area contributed by atoms with Gasteiger partial charge in [-0.2, -0.15) is 13.1 Å². The molecule has 0 spiro atoms. The summed E-state index contributed by atoms with van der Waals surface area (Å²) >= 11 is -0.792. The molecule has 0 amide bonds. The predicted molar refractivity (Wildman–Crippen MR) is 77.6 cm³/mol. The summed E-state index contributed by atoms with van der Waals surface area (Å²) in [7, 11) is 0. The summed E-state index contributed by atoms with van der Waals surface area (Å²) in [4.78, 5) is 35.8. The molecule has 2 unspecified atom stereocenters. The molecular formula is C15H17F2O8S-. The van der Waals surface area contributed by atoms with Crippen LogP contribution in [0.3, 0.4) is 0 Å². The molecule has 26 heavy (non-hydrogen) atoms. The van der Waals surface area contributed by atoms with Gasteiger partial charge in [-0.1, -0.05) is 0 Å². The first kappa shape index (κ1) is 19.5. The van der Waals surface area contributed by atoms with E-state index >= 15 is 0 Å². The van der Waals surface area contributed by atoms with Crippen molar-refractivity contribution in [3.8, 4) is 0 Å². The molecule has 4 bridgehead atoms. The Bertz CT molecular complexity index is 580. The van der Waals surface area contributed by atoms with E-state index < -0.39 is 41.3 Å².